The van der Waals surface area contributed by atoms with Gasteiger partial charge in [-0.25, -0.2) is 4.39 Å². The third-order valence-electron chi connectivity index (χ3n) is 4.42. The summed E-state index contributed by atoms with van der Waals surface area (Å²) < 4.78 is 14.7. The maximum absolute atomic E-state index is 14.7. The molecule has 0 radical (unpaired) electrons. The topological polar surface area (TPSA) is 17.1 Å². The highest BCUT2D eigenvalue weighted by Gasteiger charge is 2.24. The van der Waals surface area contributed by atoms with Crippen LogP contribution in [-0.2, 0) is 11.2 Å². The number of ketones is 1. The number of benzene rings is 2. The molecule has 0 aromatic heterocycles. The lowest BCUT2D eigenvalue weighted by Gasteiger charge is -2.26. The highest BCUT2D eigenvalue weighted by Crippen LogP contribution is 2.39. The van der Waals surface area contributed by atoms with Crippen molar-refractivity contribution in [2.24, 2.45) is 0 Å². The van der Waals surface area contributed by atoms with Gasteiger partial charge in [-0.2, -0.15) is 0 Å². The zero-order valence-electron chi connectivity index (χ0n) is 13.3. The second-order valence-corrected chi connectivity index (χ2v) is 7.37. The molecule has 0 amide bonds. The van der Waals surface area contributed by atoms with Gasteiger partial charge in [0.1, 0.15) is 11.6 Å². The minimum atomic E-state index is -0.103. The van der Waals surface area contributed by atoms with E-state index >= 15 is 0 Å². The standard InChI is InChI=1S/C20H21FOS/c1-14(22)10-11-15-6-5-7-16-12-18(13-19(21)20(15)16)23-17-8-3-2-4-9-17/h2-4,8-9,12-13,15H,5-7,10-11H2,1H3/t15-/m0/s1. The van der Waals surface area contributed by atoms with Crippen LogP contribution in [0.1, 0.15) is 49.7 Å². The van der Waals surface area contributed by atoms with E-state index in [1.807, 2.05) is 30.3 Å². The molecule has 3 rings (SSSR count). The van der Waals surface area contributed by atoms with Crippen molar-refractivity contribution in [3.8, 4) is 0 Å². The first-order valence-corrected chi connectivity index (χ1v) is 9.00. The SMILES string of the molecule is CC(=O)CC[C@@H]1CCCc2cc(Sc3ccccc3)cc(F)c21. The van der Waals surface area contributed by atoms with Crippen molar-refractivity contribution < 1.29 is 9.18 Å². The summed E-state index contributed by atoms with van der Waals surface area (Å²) in [5.41, 5.74) is 1.98. The van der Waals surface area contributed by atoms with Crippen molar-refractivity contribution >= 4 is 17.5 Å². The quantitative estimate of drug-likeness (QED) is 0.693. The molecule has 2 aromatic carbocycles. The maximum Gasteiger partial charge on any atom is 0.129 e. The molecular formula is C20H21FOS. The first kappa shape index (κ1) is 16.3. The van der Waals surface area contributed by atoms with Crippen molar-refractivity contribution in [2.75, 3.05) is 0 Å². The lowest BCUT2D eigenvalue weighted by Crippen LogP contribution is -2.13. The molecule has 3 heteroatoms. The van der Waals surface area contributed by atoms with Gasteiger partial charge in [0.15, 0.2) is 0 Å². The number of Topliss-reactive ketones (excluding diaryl/α,β-unsaturated/α-hetero) is 1. The summed E-state index contributed by atoms with van der Waals surface area (Å²) in [4.78, 5) is 13.3. The van der Waals surface area contributed by atoms with E-state index in [1.165, 1.54) is 0 Å². The lowest BCUT2D eigenvalue weighted by molar-refractivity contribution is -0.117. The van der Waals surface area contributed by atoms with E-state index in [0.717, 1.165) is 46.6 Å². The first-order valence-electron chi connectivity index (χ1n) is 8.18. The van der Waals surface area contributed by atoms with Gasteiger partial charge < -0.3 is 4.79 Å². The smallest absolute Gasteiger partial charge is 0.129 e. The molecule has 0 saturated carbocycles. The molecule has 0 aliphatic heterocycles. The fourth-order valence-corrected chi connectivity index (χ4v) is 4.27. The normalized spacial score (nSPS) is 16.9. The van der Waals surface area contributed by atoms with Gasteiger partial charge in [0, 0.05) is 16.2 Å². The van der Waals surface area contributed by atoms with Crippen LogP contribution in [-0.4, -0.2) is 5.78 Å². The van der Waals surface area contributed by atoms with E-state index in [1.54, 1.807) is 24.8 Å². The Labute approximate surface area is 141 Å². The average molecular weight is 328 g/mol. The van der Waals surface area contributed by atoms with Crippen molar-refractivity contribution in [1.29, 1.82) is 0 Å². The van der Waals surface area contributed by atoms with E-state index in [4.69, 9.17) is 0 Å². The minimum Gasteiger partial charge on any atom is -0.300 e. The second kappa shape index (κ2) is 7.31. The maximum atomic E-state index is 14.7. The highest BCUT2D eigenvalue weighted by molar-refractivity contribution is 7.99. The fourth-order valence-electron chi connectivity index (χ4n) is 3.34. The van der Waals surface area contributed by atoms with Crippen LogP contribution < -0.4 is 0 Å². The molecule has 1 atom stereocenters. The number of hydrogen-bond acceptors (Lipinski definition) is 2. The highest BCUT2D eigenvalue weighted by atomic mass is 32.2. The van der Waals surface area contributed by atoms with Gasteiger partial charge in [0.2, 0.25) is 0 Å². The van der Waals surface area contributed by atoms with Crippen LogP contribution in [0.4, 0.5) is 4.39 Å². The van der Waals surface area contributed by atoms with E-state index in [0.29, 0.717) is 6.42 Å². The largest absolute Gasteiger partial charge is 0.300 e. The number of fused-ring (bicyclic) bond motifs is 1. The molecule has 0 bridgehead atoms. The summed E-state index contributed by atoms with van der Waals surface area (Å²) in [6, 6.07) is 13.8. The molecule has 0 saturated heterocycles. The summed E-state index contributed by atoms with van der Waals surface area (Å²) in [5, 5.41) is 0. The predicted molar refractivity (Wildman–Crippen MR) is 92.6 cm³/mol. The second-order valence-electron chi connectivity index (χ2n) is 6.22. The summed E-state index contributed by atoms with van der Waals surface area (Å²) >= 11 is 1.60. The van der Waals surface area contributed by atoms with Crippen molar-refractivity contribution in [1.82, 2.24) is 0 Å². The van der Waals surface area contributed by atoms with Gasteiger partial charge in [0.05, 0.1) is 0 Å². The zero-order valence-corrected chi connectivity index (χ0v) is 14.2. The molecule has 0 spiro atoms. The molecule has 1 nitrogen and oxygen atoms in total. The molecule has 1 aliphatic rings. The number of rotatable bonds is 5. The molecule has 120 valence electrons. The number of carbonyl (C=O) groups excluding carboxylic acids is 1. The van der Waals surface area contributed by atoms with E-state index < -0.39 is 0 Å². The monoisotopic (exact) mass is 328 g/mol. The molecule has 0 fully saturated rings. The molecule has 0 unspecified atom stereocenters. The van der Waals surface area contributed by atoms with E-state index in [-0.39, 0.29) is 17.5 Å². The molecule has 2 aromatic rings. The zero-order chi connectivity index (χ0) is 16.2. The Bertz CT molecular complexity index is 696. The van der Waals surface area contributed by atoms with E-state index in [2.05, 4.69) is 6.07 Å². The Morgan fingerprint density at radius 3 is 2.74 bits per heavy atom. The number of carbonyl (C=O) groups is 1. The first-order chi connectivity index (χ1) is 11.1. The van der Waals surface area contributed by atoms with Gasteiger partial charge in [-0.1, -0.05) is 30.0 Å². The fraction of sp³-hybridized carbons (Fsp3) is 0.350. The van der Waals surface area contributed by atoms with Crippen LogP contribution in [0.3, 0.4) is 0 Å². The minimum absolute atomic E-state index is 0.103. The van der Waals surface area contributed by atoms with Crippen molar-refractivity contribution in [3.63, 3.8) is 0 Å². The Balaban J connectivity index is 1.85. The third kappa shape index (κ3) is 4.03. The molecule has 0 heterocycles. The van der Waals surface area contributed by atoms with Crippen LogP contribution in [0.15, 0.2) is 52.3 Å². The number of aryl methyl sites for hydroxylation is 1. The van der Waals surface area contributed by atoms with Crippen molar-refractivity contribution in [2.45, 2.75) is 54.7 Å². The number of halogens is 1. The Kier molecular flexibility index (Phi) is 5.16. The van der Waals surface area contributed by atoms with Crippen LogP contribution in [0.2, 0.25) is 0 Å². The number of hydrogen-bond donors (Lipinski definition) is 0. The summed E-state index contributed by atoms with van der Waals surface area (Å²) in [5.74, 6) is 0.279. The summed E-state index contributed by atoms with van der Waals surface area (Å²) in [7, 11) is 0. The average Bonchev–Trinajstić information content (AvgIpc) is 2.53. The van der Waals surface area contributed by atoms with E-state index in [9.17, 15) is 9.18 Å². The predicted octanol–water partition coefficient (Wildman–Crippen LogP) is 5.77. The molecular weight excluding hydrogens is 307 g/mol. The molecule has 1 aliphatic carbocycles. The summed E-state index contributed by atoms with van der Waals surface area (Å²) in [6.07, 6.45) is 4.32. The van der Waals surface area contributed by atoms with Crippen LogP contribution in [0.25, 0.3) is 0 Å². The van der Waals surface area contributed by atoms with Gasteiger partial charge in [0.25, 0.3) is 0 Å². The Hall–Kier alpha value is -1.61. The van der Waals surface area contributed by atoms with Gasteiger partial charge in [-0.3, -0.25) is 0 Å². The lowest BCUT2D eigenvalue weighted by atomic mass is 9.80. The van der Waals surface area contributed by atoms with Gasteiger partial charge in [-0.15, -0.1) is 0 Å². The third-order valence-corrected chi connectivity index (χ3v) is 5.40. The van der Waals surface area contributed by atoms with Gasteiger partial charge >= 0.3 is 0 Å². The van der Waals surface area contributed by atoms with Crippen molar-refractivity contribution in [3.05, 3.63) is 59.4 Å². The summed E-state index contributed by atoms with van der Waals surface area (Å²) in [6.45, 7) is 1.61. The molecule has 23 heavy (non-hydrogen) atoms. The Morgan fingerprint density at radius 2 is 2.00 bits per heavy atom. The van der Waals surface area contributed by atoms with Gasteiger partial charge in [-0.05, 0) is 73.9 Å². The van der Waals surface area contributed by atoms with Crippen LogP contribution >= 0.6 is 11.8 Å². The Morgan fingerprint density at radius 1 is 1.22 bits per heavy atom. The van der Waals surface area contributed by atoms with Crippen LogP contribution in [0.5, 0.6) is 0 Å². The molecule has 0 N–H and O–H groups in total. The van der Waals surface area contributed by atoms with Crippen LogP contribution in [0, 0.1) is 5.82 Å².